The van der Waals surface area contributed by atoms with E-state index in [1.54, 1.807) is 27.7 Å². The van der Waals surface area contributed by atoms with Crippen molar-refractivity contribution in [2.45, 2.75) is 33.7 Å². The number of rotatable bonds is 6. The number of carboxylic acids is 1. The van der Waals surface area contributed by atoms with Crippen molar-refractivity contribution in [2.24, 2.45) is 5.41 Å². The second-order valence-electron chi connectivity index (χ2n) is 4.96. The average Bonchev–Trinajstić information content (AvgIpc) is 2.86. The van der Waals surface area contributed by atoms with E-state index in [2.05, 4.69) is 9.84 Å². The normalized spacial score (nSPS) is 12.8. The van der Waals surface area contributed by atoms with Crippen LogP contribution in [0.25, 0.3) is 0 Å². The molecule has 1 aromatic rings. The lowest BCUT2D eigenvalue weighted by Crippen LogP contribution is -2.33. The van der Waals surface area contributed by atoms with Crippen LogP contribution < -0.4 is 0 Å². The lowest BCUT2D eigenvalue weighted by molar-refractivity contribution is -0.149. The summed E-state index contributed by atoms with van der Waals surface area (Å²) in [7, 11) is 0. The molecule has 0 aliphatic heterocycles. The van der Waals surface area contributed by atoms with Crippen LogP contribution in [0.1, 0.15) is 44.1 Å². The van der Waals surface area contributed by atoms with Gasteiger partial charge in [0.1, 0.15) is 0 Å². The van der Waals surface area contributed by atoms with Crippen LogP contribution in [0.4, 0.5) is 0 Å². The Morgan fingerprint density at radius 2 is 2.05 bits per heavy atom. The maximum atomic E-state index is 11.7. The van der Waals surface area contributed by atoms with Gasteiger partial charge in [-0.2, -0.15) is 5.10 Å². The monoisotopic (exact) mass is 282 g/mol. The smallest absolute Gasteiger partial charge is 0.379 e. The minimum absolute atomic E-state index is 0.0801. The van der Waals surface area contributed by atoms with Crippen LogP contribution in [0, 0.1) is 5.41 Å². The van der Waals surface area contributed by atoms with Gasteiger partial charge in [-0.1, -0.05) is 0 Å². The van der Waals surface area contributed by atoms with Crippen LogP contribution in [0.2, 0.25) is 0 Å². The number of carbonyl (C=O) groups is 3. The third-order valence-corrected chi connectivity index (χ3v) is 3.32. The topological polar surface area (TPSA) is 98.5 Å². The minimum atomic E-state index is -1.06. The summed E-state index contributed by atoms with van der Waals surface area (Å²) < 4.78 is 5.98. The fraction of sp³-hybridized carbons (Fsp3) is 0.538. The molecule has 1 aromatic heterocycles. The zero-order valence-electron chi connectivity index (χ0n) is 11.9. The second kappa shape index (κ2) is 5.85. The first-order valence-corrected chi connectivity index (χ1v) is 6.20. The molecule has 110 valence electrons. The Morgan fingerprint density at radius 3 is 2.55 bits per heavy atom. The first-order chi connectivity index (χ1) is 9.21. The second-order valence-corrected chi connectivity index (χ2v) is 4.96. The van der Waals surface area contributed by atoms with E-state index < -0.39 is 29.2 Å². The largest absolute Gasteiger partial charge is 0.481 e. The van der Waals surface area contributed by atoms with Crippen molar-refractivity contribution < 1.29 is 24.2 Å². The van der Waals surface area contributed by atoms with Gasteiger partial charge in [0, 0.05) is 6.20 Å². The first-order valence-electron chi connectivity index (χ1n) is 6.20. The van der Waals surface area contributed by atoms with Crippen LogP contribution in [0.15, 0.2) is 12.4 Å². The predicted molar refractivity (Wildman–Crippen MR) is 69.3 cm³/mol. The molecule has 1 heterocycles. The minimum Gasteiger partial charge on any atom is -0.481 e. The van der Waals surface area contributed by atoms with Crippen molar-refractivity contribution in [1.82, 2.24) is 9.78 Å². The Hall–Kier alpha value is -2.18. The Kier molecular flexibility index (Phi) is 4.65. The molecule has 20 heavy (non-hydrogen) atoms. The first kappa shape index (κ1) is 15.9. The third kappa shape index (κ3) is 3.04. The molecular weight excluding hydrogens is 264 g/mol. The molecule has 0 fully saturated rings. The van der Waals surface area contributed by atoms with Gasteiger partial charge in [0.25, 0.3) is 5.78 Å². The maximum Gasteiger partial charge on any atom is 0.379 e. The number of Topliss-reactive ketones (excluding diaryl/α,β-unsaturated/α-hetero) is 1. The Balaban J connectivity index is 2.95. The van der Waals surface area contributed by atoms with Crippen LogP contribution in [-0.2, 0) is 14.3 Å². The van der Waals surface area contributed by atoms with Gasteiger partial charge in [-0.3, -0.25) is 14.3 Å². The fourth-order valence-electron chi connectivity index (χ4n) is 1.49. The van der Waals surface area contributed by atoms with Crippen LogP contribution in [0.3, 0.4) is 0 Å². The molecule has 1 unspecified atom stereocenters. The molecule has 1 atom stereocenters. The van der Waals surface area contributed by atoms with Crippen LogP contribution in [0.5, 0.6) is 0 Å². The zero-order valence-corrected chi connectivity index (χ0v) is 11.9. The van der Waals surface area contributed by atoms with Crippen LogP contribution >= 0.6 is 0 Å². The Labute approximate surface area is 116 Å². The number of esters is 1. The molecule has 1 N–H and O–H groups in total. The number of aromatic nitrogens is 2. The number of aliphatic carboxylic acids is 1. The highest BCUT2D eigenvalue weighted by molar-refractivity contribution is 6.40. The number of carboxylic acid groups (broad SMARTS) is 1. The summed E-state index contributed by atoms with van der Waals surface area (Å²) in [4.78, 5) is 34.2. The van der Waals surface area contributed by atoms with Crippen molar-refractivity contribution >= 4 is 17.7 Å². The molecule has 1 rings (SSSR count). The van der Waals surface area contributed by atoms with E-state index in [9.17, 15) is 14.4 Å². The van der Waals surface area contributed by atoms with Gasteiger partial charge in [-0.25, -0.2) is 4.79 Å². The van der Waals surface area contributed by atoms with Crippen LogP contribution in [-0.4, -0.2) is 39.2 Å². The van der Waals surface area contributed by atoms with Gasteiger partial charge in [0.15, 0.2) is 0 Å². The Bertz CT molecular complexity index is 533. The molecular formula is C13H18N2O5. The van der Waals surface area contributed by atoms with Crippen molar-refractivity contribution in [3.05, 3.63) is 18.0 Å². The van der Waals surface area contributed by atoms with Gasteiger partial charge < -0.3 is 9.84 Å². The van der Waals surface area contributed by atoms with Gasteiger partial charge in [-0.15, -0.1) is 0 Å². The van der Waals surface area contributed by atoms with Crippen molar-refractivity contribution in [1.29, 1.82) is 0 Å². The summed E-state index contributed by atoms with van der Waals surface area (Å²) in [5, 5.41) is 13.1. The molecule has 7 nitrogen and oxygen atoms in total. The maximum absolute atomic E-state index is 11.7. The number of carbonyl (C=O) groups excluding carboxylic acids is 2. The lowest BCUT2D eigenvalue weighted by atomic mass is 9.86. The van der Waals surface area contributed by atoms with E-state index in [1.807, 2.05) is 0 Å². The predicted octanol–water partition coefficient (Wildman–Crippen LogP) is 1.30. The molecule has 0 aliphatic carbocycles. The van der Waals surface area contributed by atoms with Gasteiger partial charge >= 0.3 is 11.9 Å². The summed E-state index contributed by atoms with van der Waals surface area (Å²) in [5.41, 5.74) is -0.979. The summed E-state index contributed by atoms with van der Waals surface area (Å²) >= 11 is 0. The van der Waals surface area contributed by atoms with E-state index >= 15 is 0 Å². The van der Waals surface area contributed by atoms with Crippen molar-refractivity contribution in [3.8, 4) is 0 Å². The average molecular weight is 282 g/mol. The van der Waals surface area contributed by atoms with Gasteiger partial charge in [-0.05, 0) is 27.7 Å². The van der Waals surface area contributed by atoms with E-state index in [1.165, 1.54) is 17.1 Å². The van der Waals surface area contributed by atoms with Gasteiger partial charge in [0.2, 0.25) is 0 Å². The molecule has 0 aliphatic rings. The highest BCUT2D eigenvalue weighted by Crippen LogP contribution is 2.30. The molecule has 0 saturated carbocycles. The van der Waals surface area contributed by atoms with E-state index in [0.29, 0.717) is 0 Å². The van der Waals surface area contributed by atoms with Gasteiger partial charge in [0.05, 0.1) is 29.8 Å². The fourth-order valence-corrected chi connectivity index (χ4v) is 1.49. The van der Waals surface area contributed by atoms with E-state index in [0.717, 1.165) is 0 Å². The molecule has 0 saturated heterocycles. The summed E-state index contributed by atoms with van der Waals surface area (Å²) in [6.07, 6.45) is 2.59. The van der Waals surface area contributed by atoms with E-state index in [-0.39, 0.29) is 12.2 Å². The summed E-state index contributed by atoms with van der Waals surface area (Å²) in [5.74, 6) is -2.71. The molecule has 0 aromatic carbocycles. The molecule has 0 bridgehead atoms. The number of nitrogens with zero attached hydrogens (tertiary/aromatic N) is 2. The third-order valence-electron chi connectivity index (χ3n) is 3.32. The molecule has 0 spiro atoms. The van der Waals surface area contributed by atoms with Crippen molar-refractivity contribution in [2.75, 3.05) is 6.61 Å². The molecule has 0 radical (unpaired) electrons. The summed E-state index contributed by atoms with van der Waals surface area (Å²) in [6, 6.07) is -0.483. The number of ether oxygens (including phenoxy) is 1. The molecule has 7 heteroatoms. The molecule has 0 amide bonds. The standard InChI is InChI=1S/C13H18N2O5/c1-5-20-11(17)10(16)9-6-14-15(7-9)8(2)13(3,4)12(18)19/h6-8H,5H2,1-4H3,(H,18,19). The quantitative estimate of drug-likeness (QED) is 0.479. The number of hydrogen-bond donors (Lipinski definition) is 1. The summed E-state index contributed by atoms with van der Waals surface area (Å²) in [6.45, 7) is 6.52. The lowest BCUT2D eigenvalue weighted by Gasteiger charge is -2.27. The Morgan fingerprint density at radius 1 is 1.45 bits per heavy atom. The van der Waals surface area contributed by atoms with E-state index in [4.69, 9.17) is 5.11 Å². The number of ketones is 1. The SMILES string of the molecule is CCOC(=O)C(=O)c1cnn(C(C)C(C)(C)C(=O)O)c1. The highest BCUT2D eigenvalue weighted by Gasteiger charge is 2.36. The number of hydrogen-bond acceptors (Lipinski definition) is 5. The van der Waals surface area contributed by atoms with Crippen molar-refractivity contribution in [3.63, 3.8) is 0 Å². The zero-order chi connectivity index (χ0) is 15.5. The highest BCUT2D eigenvalue weighted by atomic mass is 16.5.